The molecule has 33 heavy (non-hydrogen) atoms. The smallest absolute Gasteiger partial charge is 0.253 e. The number of fused-ring (bicyclic) bond motifs is 2. The van der Waals surface area contributed by atoms with Crippen molar-refractivity contribution in [3.05, 3.63) is 71.8 Å². The third-order valence-corrected chi connectivity index (χ3v) is 6.67. The maximum Gasteiger partial charge on any atom is 0.253 e. The second-order valence-electron chi connectivity index (χ2n) is 9.26. The number of anilines is 1. The van der Waals surface area contributed by atoms with Crippen LogP contribution in [-0.4, -0.2) is 59.4 Å². The number of H-pyrrole nitrogens is 1. The number of aromatic nitrogens is 2. The molecule has 0 spiro atoms. The fraction of sp³-hybridized carbons (Fsp3) is 0.333. The Morgan fingerprint density at radius 1 is 1.09 bits per heavy atom. The molecule has 170 valence electrons. The van der Waals surface area contributed by atoms with Crippen molar-refractivity contribution in [1.29, 1.82) is 0 Å². The van der Waals surface area contributed by atoms with E-state index >= 15 is 0 Å². The van der Waals surface area contributed by atoms with Crippen molar-refractivity contribution in [1.82, 2.24) is 19.8 Å². The van der Waals surface area contributed by atoms with Crippen molar-refractivity contribution >= 4 is 33.7 Å². The van der Waals surface area contributed by atoms with Gasteiger partial charge in [-0.2, -0.15) is 0 Å². The summed E-state index contributed by atoms with van der Waals surface area (Å²) in [5.41, 5.74) is 3.84. The summed E-state index contributed by atoms with van der Waals surface area (Å²) < 4.78 is 0. The molecule has 1 saturated heterocycles. The van der Waals surface area contributed by atoms with Crippen LogP contribution in [0.2, 0.25) is 0 Å². The lowest BCUT2D eigenvalue weighted by atomic mass is 9.96. The van der Waals surface area contributed by atoms with E-state index in [1.165, 1.54) is 29.2 Å². The Morgan fingerprint density at radius 3 is 2.70 bits per heavy atom. The maximum atomic E-state index is 12.2. The summed E-state index contributed by atoms with van der Waals surface area (Å²) in [5.74, 6) is 1.40. The van der Waals surface area contributed by atoms with Gasteiger partial charge < -0.3 is 15.2 Å². The normalized spacial score (nSPS) is 15.2. The van der Waals surface area contributed by atoms with Crippen LogP contribution < -0.4 is 5.32 Å². The van der Waals surface area contributed by atoms with E-state index in [0.29, 0.717) is 11.5 Å². The fourth-order valence-electron chi connectivity index (χ4n) is 4.75. The molecule has 1 aliphatic heterocycles. The zero-order valence-corrected chi connectivity index (χ0v) is 19.3. The second-order valence-corrected chi connectivity index (χ2v) is 9.26. The summed E-state index contributed by atoms with van der Waals surface area (Å²) in [7, 11) is 3.53. The lowest BCUT2D eigenvalue weighted by molar-refractivity contribution is 0.0827. The Kier molecular flexibility index (Phi) is 6.01. The Bertz CT molecular complexity index is 1260. The van der Waals surface area contributed by atoms with Gasteiger partial charge in [0.2, 0.25) is 5.95 Å². The Balaban J connectivity index is 1.15. The highest BCUT2D eigenvalue weighted by Gasteiger charge is 2.20. The van der Waals surface area contributed by atoms with Crippen LogP contribution in [0.25, 0.3) is 21.8 Å². The van der Waals surface area contributed by atoms with Crippen LogP contribution in [-0.2, 0) is 6.54 Å². The minimum Gasteiger partial charge on any atom is -0.356 e. The molecule has 0 aliphatic carbocycles. The molecule has 5 rings (SSSR count). The first-order valence-electron chi connectivity index (χ1n) is 11.7. The lowest BCUT2D eigenvalue weighted by Crippen LogP contribution is -2.35. The highest BCUT2D eigenvalue weighted by atomic mass is 16.2. The van der Waals surface area contributed by atoms with E-state index in [9.17, 15) is 4.79 Å². The molecule has 1 aromatic heterocycles. The SMILES string of the molecule is CN(C)C(=O)c1ccc2nc(NCC3CCN(Cc4cccc5ccccc45)CC3)[nH]c2c1. The van der Waals surface area contributed by atoms with Crippen molar-refractivity contribution < 1.29 is 4.79 Å². The van der Waals surface area contributed by atoms with Gasteiger partial charge in [-0.25, -0.2) is 4.98 Å². The molecule has 2 N–H and O–H groups in total. The molecule has 0 radical (unpaired) electrons. The molecule has 2 heterocycles. The number of amides is 1. The van der Waals surface area contributed by atoms with Crippen molar-refractivity contribution in [3.63, 3.8) is 0 Å². The van der Waals surface area contributed by atoms with Gasteiger partial charge in [-0.3, -0.25) is 9.69 Å². The average Bonchev–Trinajstić information content (AvgIpc) is 3.25. The third kappa shape index (κ3) is 4.71. The van der Waals surface area contributed by atoms with Gasteiger partial charge in [0.25, 0.3) is 5.91 Å². The van der Waals surface area contributed by atoms with Gasteiger partial charge in [-0.1, -0.05) is 42.5 Å². The van der Waals surface area contributed by atoms with E-state index < -0.39 is 0 Å². The summed E-state index contributed by atoms with van der Waals surface area (Å²) in [6.07, 6.45) is 2.36. The zero-order chi connectivity index (χ0) is 22.8. The highest BCUT2D eigenvalue weighted by Crippen LogP contribution is 2.24. The molecule has 1 fully saturated rings. The number of aromatic amines is 1. The summed E-state index contributed by atoms with van der Waals surface area (Å²) >= 11 is 0. The van der Waals surface area contributed by atoms with Crippen molar-refractivity contribution in [2.45, 2.75) is 19.4 Å². The number of rotatable bonds is 6. The number of carbonyl (C=O) groups excluding carboxylic acids is 1. The van der Waals surface area contributed by atoms with Crippen molar-refractivity contribution in [2.24, 2.45) is 5.92 Å². The maximum absolute atomic E-state index is 12.2. The molecule has 3 aromatic carbocycles. The van der Waals surface area contributed by atoms with Gasteiger partial charge in [0.05, 0.1) is 11.0 Å². The molecule has 0 unspecified atom stereocenters. The number of hydrogen-bond donors (Lipinski definition) is 2. The topological polar surface area (TPSA) is 64.3 Å². The van der Waals surface area contributed by atoms with E-state index in [0.717, 1.165) is 43.2 Å². The standard InChI is InChI=1S/C27H31N5O/c1-31(2)26(33)21-10-11-24-25(16-21)30-27(29-24)28-17-19-12-14-32(15-13-19)18-22-8-5-7-20-6-3-4-9-23(20)22/h3-11,16,19H,12-15,17-18H2,1-2H3,(H2,28,29,30). The molecular formula is C27H31N5O. The Morgan fingerprint density at radius 2 is 1.88 bits per heavy atom. The van der Waals surface area contributed by atoms with Crippen LogP contribution >= 0.6 is 0 Å². The molecule has 0 bridgehead atoms. The first-order chi connectivity index (χ1) is 16.1. The number of carbonyl (C=O) groups is 1. The number of likely N-dealkylation sites (tertiary alicyclic amines) is 1. The monoisotopic (exact) mass is 441 g/mol. The summed E-state index contributed by atoms with van der Waals surface area (Å²) in [5, 5.41) is 6.17. The molecule has 0 saturated carbocycles. The van der Waals surface area contributed by atoms with Gasteiger partial charge in [0.1, 0.15) is 0 Å². The van der Waals surface area contributed by atoms with E-state index in [1.807, 2.05) is 18.2 Å². The molecule has 1 aliphatic rings. The van der Waals surface area contributed by atoms with Crippen LogP contribution in [0.3, 0.4) is 0 Å². The van der Waals surface area contributed by atoms with Crippen LogP contribution in [0, 0.1) is 5.92 Å². The number of nitrogens with zero attached hydrogens (tertiary/aromatic N) is 3. The van der Waals surface area contributed by atoms with E-state index in [1.54, 1.807) is 19.0 Å². The number of hydrogen-bond acceptors (Lipinski definition) is 4. The number of benzene rings is 3. The van der Waals surface area contributed by atoms with Crippen molar-refractivity contribution in [3.8, 4) is 0 Å². The first kappa shape index (κ1) is 21.5. The summed E-state index contributed by atoms with van der Waals surface area (Å²) in [4.78, 5) is 24.3. The Labute approximate surface area is 194 Å². The number of imidazole rings is 1. The largest absolute Gasteiger partial charge is 0.356 e. The van der Waals surface area contributed by atoms with E-state index in [2.05, 4.69) is 62.6 Å². The van der Waals surface area contributed by atoms with Crippen LogP contribution in [0.4, 0.5) is 5.95 Å². The van der Waals surface area contributed by atoms with Crippen LogP contribution in [0.5, 0.6) is 0 Å². The number of piperidine rings is 1. The summed E-state index contributed by atoms with van der Waals surface area (Å²) in [6, 6.07) is 20.9. The number of nitrogens with one attached hydrogen (secondary N) is 2. The van der Waals surface area contributed by atoms with Gasteiger partial charge in [-0.05, 0) is 66.4 Å². The van der Waals surface area contributed by atoms with Gasteiger partial charge >= 0.3 is 0 Å². The third-order valence-electron chi connectivity index (χ3n) is 6.67. The molecule has 6 nitrogen and oxygen atoms in total. The van der Waals surface area contributed by atoms with Crippen LogP contribution in [0.15, 0.2) is 60.7 Å². The molecule has 1 amide bonds. The van der Waals surface area contributed by atoms with Gasteiger partial charge in [0.15, 0.2) is 0 Å². The minimum atomic E-state index is -0.00345. The van der Waals surface area contributed by atoms with Crippen molar-refractivity contribution in [2.75, 3.05) is 39.0 Å². The first-order valence-corrected chi connectivity index (χ1v) is 11.7. The van der Waals surface area contributed by atoms with Gasteiger partial charge in [-0.15, -0.1) is 0 Å². The van der Waals surface area contributed by atoms with E-state index in [4.69, 9.17) is 0 Å². The minimum absolute atomic E-state index is 0.00345. The average molecular weight is 442 g/mol. The predicted molar refractivity (Wildman–Crippen MR) is 135 cm³/mol. The van der Waals surface area contributed by atoms with E-state index in [-0.39, 0.29) is 5.91 Å². The van der Waals surface area contributed by atoms with Crippen LogP contribution in [0.1, 0.15) is 28.8 Å². The molecule has 0 atom stereocenters. The quantitative estimate of drug-likeness (QED) is 0.454. The molecular weight excluding hydrogens is 410 g/mol. The lowest BCUT2D eigenvalue weighted by Gasteiger charge is -2.32. The van der Waals surface area contributed by atoms with Gasteiger partial charge in [0, 0.05) is 32.7 Å². The fourth-order valence-corrected chi connectivity index (χ4v) is 4.75. The molecule has 4 aromatic rings. The zero-order valence-electron chi connectivity index (χ0n) is 19.3. The highest BCUT2D eigenvalue weighted by molar-refractivity contribution is 5.97. The molecule has 6 heteroatoms. The second kappa shape index (κ2) is 9.24. The Hall–Kier alpha value is -3.38. The predicted octanol–water partition coefficient (Wildman–Crippen LogP) is 4.74. The summed E-state index contributed by atoms with van der Waals surface area (Å²) in [6.45, 7) is 4.15.